The summed E-state index contributed by atoms with van der Waals surface area (Å²) in [6, 6.07) is 0. The average molecular weight is 176 g/mol. The molecule has 2 bridgehead atoms. The van der Waals surface area contributed by atoms with Crippen molar-refractivity contribution in [3.8, 4) is 0 Å². The molecule has 3 saturated heterocycles. The zero-order chi connectivity index (χ0) is 7.14. The molecule has 0 aromatic heterocycles. The van der Waals surface area contributed by atoms with Crippen LogP contribution >= 0.6 is 21.6 Å². The van der Waals surface area contributed by atoms with Crippen molar-refractivity contribution in [3.63, 3.8) is 0 Å². The maximum absolute atomic E-state index is 10.8. The largest absolute Gasteiger partial charge is 0.333 e. The van der Waals surface area contributed by atoms with E-state index in [9.17, 15) is 9.59 Å². The smallest absolute Gasteiger partial charge is 0.255 e. The zero-order valence-corrected chi connectivity index (χ0v) is 6.42. The fraction of sp³-hybridized carbons (Fsp3) is 0.500. The molecule has 6 heteroatoms. The van der Waals surface area contributed by atoms with Gasteiger partial charge >= 0.3 is 0 Å². The second-order valence-electron chi connectivity index (χ2n) is 1.97. The molecule has 10 heavy (non-hydrogen) atoms. The SMILES string of the molecule is O=C1NC2SSC1NC2=O. The van der Waals surface area contributed by atoms with Crippen molar-refractivity contribution in [2.45, 2.75) is 10.7 Å². The summed E-state index contributed by atoms with van der Waals surface area (Å²) < 4.78 is 0. The molecule has 0 aliphatic carbocycles. The maximum Gasteiger partial charge on any atom is 0.255 e. The second kappa shape index (κ2) is 2.06. The number of amides is 2. The van der Waals surface area contributed by atoms with Gasteiger partial charge in [-0.15, -0.1) is 0 Å². The molecule has 0 radical (unpaired) electrons. The quantitative estimate of drug-likeness (QED) is 0.478. The minimum Gasteiger partial charge on any atom is -0.333 e. The molecule has 0 aromatic carbocycles. The van der Waals surface area contributed by atoms with Crippen molar-refractivity contribution in [1.82, 2.24) is 10.6 Å². The molecule has 3 rings (SSSR count). The second-order valence-corrected chi connectivity index (χ2v) is 4.45. The molecule has 3 fully saturated rings. The Hall–Kier alpha value is -0.360. The maximum atomic E-state index is 10.8. The molecule has 4 nitrogen and oxygen atoms in total. The molecule has 0 saturated carbocycles. The molecule has 2 N–H and O–H groups in total. The molecule has 54 valence electrons. The van der Waals surface area contributed by atoms with Gasteiger partial charge in [-0.3, -0.25) is 9.59 Å². The molecule has 0 aromatic rings. The van der Waals surface area contributed by atoms with E-state index < -0.39 is 0 Å². The monoisotopic (exact) mass is 176 g/mol. The van der Waals surface area contributed by atoms with Crippen LogP contribution in [0.15, 0.2) is 0 Å². The fourth-order valence-corrected chi connectivity index (χ4v) is 3.13. The van der Waals surface area contributed by atoms with Crippen molar-refractivity contribution >= 4 is 33.4 Å². The molecule has 2 unspecified atom stereocenters. The molecule has 3 heterocycles. The van der Waals surface area contributed by atoms with E-state index in [1.807, 2.05) is 0 Å². The third kappa shape index (κ3) is 0.791. The van der Waals surface area contributed by atoms with E-state index in [2.05, 4.69) is 10.6 Å². The van der Waals surface area contributed by atoms with Crippen molar-refractivity contribution in [1.29, 1.82) is 0 Å². The third-order valence-electron chi connectivity index (χ3n) is 1.27. The standard InChI is InChI=1S/C4H4N2O2S2/c7-1-3-6-2(8)4(5-1)10-9-3/h3-4H,(H,5,7)(H,6,8). The van der Waals surface area contributed by atoms with Gasteiger partial charge in [0.1, 0.15) is 0 Å². The Morgan fingerprint density at radius 3 is 1.60 bits per heavy atom. The highest BCUT2D eigenvalue weighted by atomic mass is 33.1. The van der Waals surface area contributed by atoms with E-state index in [4.69, 9.17) is 0 Å². The van der Waals surface area contributed by atoms with E-state index in [0.717, 1.165) is 0 Å². The summed E-state index contributed by atoms with van der Waals surface area (Å²) in [4.78, 5) is 21.7. The van der Waals surface area contributed by atoms with Crippen LogP contribution in [-0.2, 0) is 9.59 Å². The van der Waals surface area contributed by atoms with E-state index in [1.54, 1.807) is 0 Å². The van der Waals surface area contributed by atoms with Gasteiger partial charge in [-0.2, -0.15) is 0 Å². The zero-order valence-electron chi connectivity index (χ0n) is 4.79. The van der Waals surface area contributed by atoms with Gasteiger partial charge in [-0.25, -0.2) is 0 Å². The first kappa shape index (κ1) is 6.36. The van der Waals surface area contributed by atoms with E-state index in [-0.39, 0.29) is 22.6 Å². The van der Waals surface area contributed by atoms with Gasteiger partial charge < -0.3 is 10.6 Å². The van der Waals surface area contributed by atoms with E-state index >= 15 is 0 Å². The summed E-state index contributed by atoms with van der Waals surface area (Å²) >= 11 is 0. The van der Waals surface area contributed by atoms with Crippen molar-refractivity contribution in [3.05, 3.63) is 0 Å². The van der Waals surface area contributed by atoms with Crippen LogP contribution in [0.1, 0.15) is 0 Å². The summed E-state index contributed by atoms with van der Waals surface area (Å²) in [5.41, 5.74) is 0. The van der Waals surface area contributed by atoms with Gasteiger partial charge in [0.25, 0.3) is 11.8 Å². The molecule has 3 aliphatic rings. The van der Waals surface area contributed by atoms with Crippen molar-refractivity contribution < 1.29 is 9.59 Å². The molecular formula is C4H4N2O2S2. The molecule has 2 atom stereocenters. The Morgan fingerprint density at radius 1 is 1.00 bits per heavy atom. The lowest BCUT2D eigenvalue weighted by Crippen LogP contribution is -2.61. The molecule has 2 amide bonds. The Kier molecular flexibility index (Phi) is 1.31. The van der Waals surface area contributed by atoms with E-state index in [1.165, 1.54) is 21.6 Å². The van der Waals surface area contributed by atoms with Crippen LogP contribution in [0.2, 0.25) is 0 Å². The van der Waals surface area contributed by atoms with Crippen LogP contribution in [0.5, 0.6) is 0 Å². The van der Waals surface area contributed by atoms with Gasteiger partial charge in [-0.05, 0) is 0 Å². The van der Waals surface area contributed by atoms with Gasteiger partial charge in [0, 0.05) is 0 Å². The molecule has 3 aliphatic heterocycles. The topological polar surface area (TPSA) is 58.2 Å². The first-order chi connectivity index (χ1) is 4.77. The highest BCUT2D eigenvalue weighted by Crippen LogP contribution is 2.36. The Morgan fingerprint density at radius 2 is 1.40 bits per heavy atom. The number of carbonyl (C=O) groups is 2. The lowest BCUT2D eigenvalue weighted by Gasteiger charge is -2.33. The minimum atomic E-state index is -0.373. The normalized spacial score (nSPS) is 37.2. The first-order valence-corrected chi connectivity index (χ1v) is 4.98. The number of piperazine rings is 1. The van der Waals surface area contributed by atoms with Gasteiger partial charge in [0.15, 0.2) is 10.7 Å². The number of rotatable bonds is 0. The lowest BCUT2D eigenvalue weighted by atomic mass is 10.4. The predicted molar refractivity (Wildman–Crippen MR) is 39.0 cm³/mol. The van der Waals surface area contributed by atoms with Gasteiger partial charge in [0.2, 0.25) is 0 Å². The minimum absolute atomic E-state index is 0.0895. The summed E-state index contributed by atoms with van der Waals surface area (Å²) in [5.74, 6) is -0.179. The van der Waals surface area contributed by atoms with Crippen molar-refractivity contribution in [2.75, 3.05) is 0 Å². The number of hydrogen-bond donors (Lipinski definition) is 2. The number of nitrogens with one attached hydrogen (secondary N) is 2. The number of carbonyl (C=O) groups excluding carboxylic acids is 2. The highest BCUT2D eigenvalue weighted by Gasteiger charge is 2.40. The van der Waals surface area contributed by atoms with Crippen LogP contribution in [0.25, 0.3) is 0 Å². The summed E-state index contributed by atoms with van der Waals surface area (Å²) in [6.45, 7) is 0. The first-order valence-electron chi connectivity index (χ1n) is 2.70. The van der Waals surface area contributed by atoms with Crippen LogP contribution in [0, 0.1) is 0 Å². The highest BCUT2D eigenvalue weighted by molar-refractivity contribution is 8.77. The van der Waals surface area contributed by atoms with Crippen LogP contribution in [-0.4, -0.2) is 22.6 Å². The number of fused-ring (bicyclic) bond motifs is 3. The summed E-state index contributed by atoms with van der Waals surface area (Å²) in [6.07, 6.45) is 0. The molecule has 0 spiro atoms. The van der Waals surface area contributed by atoms with Crippen LogP contribution in [0.3, 0.4) is 0 Å². The Bertz CT molecular complexity index is 185. The average Bonchev–Trinajstić information content (AvgIpc) is 1.91. The van der Waals surface area contributed by atoms with Crippen LogP contribution in [0.4, 0.5) is 0 Å². The van der Waals surface area contributed by atoms with Gasteiger partial charge in [0.05, 0.1) is 0 Å². The Labute approximate surface area is 64.9 Å². The van der Waals surface area contributed by atoms with Gasteiger partial charge in [-0.1, -0.05) is 21.6 Å². The third-order valence-corrected chi connectivity index (χ3v) is 3.92. The predicted octanol–water partition coefficient (Wildman–Crippen LogP) is -0.720. The fourth-order valence-electron chi connectivity index (χ4n) is 0.788. The van der Waals surface area contributed by atoms with Crippen LogP contribution < -0.4 is 10.6 Å². The van der Waals surface area contributed by atoms with Crippen molar-refractivity contribution in [2.24, 2.45) is 0 Å². The molecular weight excluding hydrogens is 172 g/mol. The lowest BCUT2D eigenvalue weighted by molar-refractivity contribution is -0.132. The summed E-state index contributed by atoms with van der Waals surface area (Å²) in [7, 11) is 2.80. The Balaban J connectivity index is 2.23. The summed E-state index contributed by atoms with van der Waals surface area (Å²) in [5, 5.41) is 4.37. The number of hydrogen-bond acceptors (Lipinski definition) is 4. The van der Waals surface area contributed by atoms with E-state index in [0.29, 0.717) is 0 Å².